The molecule has 0 spiro atoms. The van der Waals surface area contributed by atoms with Crippen molar-refractivity contribution < 1.29 is 13.9 Å². The van der Waals surface area contributed by atoms with Crippen LogP contribution in [0.2, 0.25) is 0 Å². The van der Waals surface area contributed by atoms with Crippen molar-refractivity contribution >= 4 is 0 Å². The van der Waals surface area contributed by atoms with Gasteiger partial charge in [-0.1, -0.05) is 12.8 Å². The zero-order chi connectivity index (χ0) is 10.2. The van der Waals surface area contributed by atoms with E-state index in [2.05, 4.69) is 0 Å². The van der Waals surface area contributed by atoms with Gasteiger partial charge in [-0.3, -0.25) is 0 Å². The van der Waals surface area contributed by atoms with Crippen molar-refractivity contribution in [2.75, 3.05) is 0 Å². The normalized spacial score (nSPS) is 34.9. The lowest BCUT2D eigenvalue weighted by Crippen LogP contribution is -2.27. The molecule has 0 radical (unpaired) electrons. The summed E-state index contributed by atoms with van der Waals surface area (Å²) in [7, 11) is 0. The van der Waals surface area contributed by atoms with Gasteiger partial charge in [-0.2, -0.15) is 0 Å². The van der Waals surface area contributed by atoms with Crippen LogP contribution >= 0.6 is 0 Å². The van der Waals surface area contributed by atoms with Crippen LogP contribution in [0, 0.1) is 5.92 Å². The molecule has 0 aromatic heterocycles. The standard InChI is InChI=1S/C11H18F2O/c12-11(13)6-3-9(8-11)7-10(14)4-1-2-5-10/h9,14H,1-8H2. The third-order valence-electron chi connectivity index (χ3n) is 3.71. The first-order valence-corrected chi connectivity index (χ1v) is 5.59. The summed E-state index contributed by atoms with van der Waals surface area (Å²) in [4.78, 5) is 0. The molecule has 0 saturated heterocycles. The highest BCUT2D eigenvalue weighted by atomic mass is 19.3. The molecule has 2 aliphatic rings. The summed E-state index contributed by atoms with van der Waals surface area (Å²) in [6.45, 7) is 0. The Balaban J connectivity index is 1.86. The van der Waals surface area contributed by atoms with Crippen LogP contribution in [-0.4, -0.2) is 16.6 Å². The molecule has 2 fully saturated rings. The summed E-state index contributed by atoms with van der Waals surface area (Å²) in [6, 6.07) is 0. The minimum Gasteiger partial charge on any atom is -0.390 e. The average molecular weight is 204 g/mol. The molecule has 1 nitrogen and oxygen atoms in total. The fourth-order valence-electron chi connectivity index (χ4n) is 2.99. The highest BCUT2D eigenvalue weighted by Gasteiger charge is 2.43. The van der Waals surface area contributed by atoms with Crippen LogP contribution in [0.15, 0.2) is 0 Å². The second-order valence-electron chi connectivity index (χ2n) is 5.10. The second-order valence-corrected chi connectivity index (χ2v) is 5.10. The van der Waals surface area contributed by atoms with Gasteiger partial charge in [0.25, 0.3) is 0 Å². The quantitative estimate of drug-likeness (QED) is 0.732. The predicted octanol–water partition coefficient (Wildman–Crippen LogP) is 3.12. The van der Waals surface area contributed by atoms with Gasteiger partial charge in [-0.05, 0) is 31.6 Å². The van der Waals surface area contributed by atoms with Crippen LogP contribution in [0.4, 0.5) is 8.78 Å². The van der Waals surface area contributed by atoms with E-state index in [4.69, 9.17) is 0 Å². The molecule has 0 aromatic carbocycles. The Morgan fingerprint density at radius 2 is 1.79 bits per heavy atom. The zero-order valence-corrected chi connectivity index (χ0v) is 8.44. The summed E-state index contributed by atoms with van der Waals surface area (Å²) in [5, 5.41) is 10.1. The third-order valence-corrected chi connectivity index (χ3v) is 3.71. The van der Waals surface area contributed by atoms with Crippen molar-refractivity contribution in [3.05, 3.63) is 0 Å². The van der Waals surface area contributed by atoms with Gasteiger partial charge in [0.05, 0.1) is 5.60 Å². The van der Waals surface area contributed by atoms with Crippen LogP contribution in [0.25, 0.3) is 0 Å². The Kier molecular flexibility index (Phi) is 2.54. The average Bonchev–Trinajstić information content (AvgIpc) is 2.59. The molecule has 0 amide bonds. The smallest absolute Gasteiger partial charge is 0.248 e. The molecule has 1 unspecified atom stereocenters. The van der Waals surface area contributed by atoms with Crippen molar-refractivity contribution in [2.24, 2.45) is 5.92 Å². The molecule has 14 heavy (non-hydrogen) atoms. The van der Waals surface area contributed by atoms with Crippen molar-refractivity contribution in [3.8, 4) is 0 Å². The van der Waals surface area contributed by atoms with Gasteiger partial charge in [0.2, 0.25) is 5.92 Å². The number of hydrogen-bond donors (Lipinski definition) is 1. The van der Waals surface area contributed by atoms with Crippen LogP contribution in [0.3, 0.4) is 0 Å². The first-order valence-electron chi connectivity index (χ1n) is 5.59. The minimum atomic E-state index is -2.46. The third kappa shape index (κ3) is 2.25. The molecule has 2 rings (SSSR count). The lowest BCUT2D eigenvalue weighted by Gasteiger charge is -2.25. The minimum absolute atomic E-state index is 0.00465. The second kappa shape index (κ2) is 3.44. The van der Waals surface area contributed by atoms with E-state index in [9.17, 15) is 13.9 Å². The van der Waals surface area contributed by atoms with Gasteiger partial charge in [0, 0.05) is 12.8 Å². The van der Waals surface area contributed by atoms with Gasteiger partial charge < -0.3 is 5.11 Å². The molecular formula is C11H18F2O. The molecule has 3 heteroatoms. The van der Waals surface area contributed by atoms with Gasteiger partial charge in [-0.15, -0.1) is 0 Å². The van der Waals surface area contributed by atoms with Crippen LogP contribution in [0.1, 0.15) is 51.4 Å². The summed E-state index contributed by atoms with van der Waals surface area (Å²) >= 11 is 0. The highest BCUT2D eigenvalue weighted by Crippen LogP contribution is 2.45. The molecule has 0 bridgehead atoms. The van der Waals surface area contributed by atoms with Crippen molar-refractivity contribution in [1.82, 2.24) is 0 Å². The summed E-state index contributed by atoms with van der Waals surface area (Å²) < 4.78 is 25.8. The Morgan fingerprint density at radius 1 is 1.14 bits per heavy atom. The van der Waals surface area contributed by atoms with E-state index < -0.39 is 11.5 Å². The maximum atomic E-state index is 12.9. The summed E-state index contributed by atoms with van der Waals surface area (Å²) in [6.07, 6.45) is 4.95. The monoisotopic (exact) mass is 204 g/mol. The molecule has 0 heterocycles. The Bertz CT molecular complexity index is 209. The number of alkyl halides is 2. The Morgan fingerprint density at radius 3 is 2.29 bits per heavy atom. The number of halogens is 2. The molecule has 2 saturated carbocycles. The predicted molar refractivity (Wildman–Crippen MR) is 50.3 cm³/mol. The van der Waals surface area contributed by atoms with Gasteiger partial charge in [0.1, 0.15) is 0 Å². The van der Waals surface area contributed by atoms with Crippen LogP contribution < -0.4 is 0 Å². The van der Waals surface area contributed by atoms with Crippen molar-refractivity contribution in [2.45, 2.75) is 62.9 Å². The van der Waals surface area contributed by atoms with Gasteiger partial charge >= 0.3 is 0 Å². The first-order chi connectivity index (χ1) is 6.49. The van der Waals surface area contributed by atoms with E-state index in [0.717, 1.165) is 25.7 Å². The van der Waals surface area contributed by atoms with E-state index >= 15 is 0 Å². The molecule has 1 N–H and O–H groups in total. The van der Waals surface area contributed by atoms with Crippen LogP contribution in [-0.2, 0) is 0 Å². The maximum Gasteiger partial charge on any atom is 0.248 e. The lowest BCUT2D eigenvalue weighted by atomic mass is 9.88. The fraction of sp³-hybridized carbons (Fsp3) is 1.00. The molecular weight excluding hydrogens is 186 g/mol. The maximum absolute atomic E-state index is 12.9. The summed E-state index contributed by atoms with van der Waals surface area (Å²) in [5.41, 5.74) is -0.606. The van der Waals surface area contributed by atoms with E-state index in [1.807, 2.05) is 0 Å². The number of aliphatic hydroxyl groups is 1. The first kappa shape index (κ1) is 10.3. The largest absolute Gasteiger partial charge is 0.390 e. The topological polar surface area (TPSA) is 20.2 Å². The number of hydrogen-bond acceptors (Lipinski definition) is 1. The van der Waals surface area contributed by atoms with Gasteiger partial charge in [-0.25, -0.2) is 8.78 Å². The molecule has 0 aromatic rings. The van der Waals surface area contributed by atoms with E-state index in [1.54, 1.807) is 0 Å². The lowest BCUT2D eigenvalue weighted by molar-refractivity contribution is -0.00830. The van der Waals surface area contributed by atoms with Gasteiger partial charge in [0.15, 0.2) is 0 Å². The Labute approximate surface area is 83.5 Å². The van der Waals surface area contributed by atoms with Crippen molar-refractivity contribution in [3.63, 3.8) is 0 Å². The molecule has 2 aliphatic carbocycles. The van der Waals surface area contributed by atoms with E-state index in [0.29, 0.717) is 12.8 Å². The molecule has 1 atom stereocenters. The number of rotatable bonds is 2. The van der Waals surface area contributed by atoms with Crippen LogP contribution in [0.5, 0.6) is 0 Å². The van der Waals surface area contributed by atoms with Crippen molar-refractivity contribution in [1.29, 1.82) is 0 Å². The summed E-state index contributed by atoms with van der Waals surface area (Å²) in [5.74, 6) is -2.41. The zero-order valence-electron chi connectivity index (χ0n) is 8.44. The Hall–Kier alpha value is -0.180. The SMILES string of the molecule is OC1(CC2CCC(F)(F)C2)CCCC1. The van der Waals surface area contributed by atoms with E-state index in [-0.39, 0.29) is 18.8 Å². The fourth-order valence-corrected chi connectivity index (χ4v) is 2.99. The van der Waals surface area contributed by atoms with E-state index in [1.165, 1.54) is 0 Å². The highest BCUT2D eigenvalue weighted by molar-refractivity contribution is 4.90. The molecule has 82 valence electrons. The molecule has 0 aliphatic heterocycles.